The van der Waals surface area contributed by atoms with E-state index in [0.717, 1.165) is 46.2 Å². The number of fused-ring (bicyclic) bond motifs is 4. The molecule has 0 radical (unpaired) electrons. The van der Waals surface area contributed by atoms with Crippen molar-refractivity contribution >= 4 is 55.0 Å². The number of carbonyl (C=O) groups excluding carboxylic acids is 2. The molecule has 6 N–H and O–H groups in total. The summed E-state index contributed by atoms with van der Waals surface area (Å²) in [5.41, 5.74) is 2.02. The number of hydrogen-bond acceptors (Lipinski definition) is 10. The van der Waals surface area contributed by atoms with Crippen LogP contribution in [0.5, 0.6) is 46.0 Å². The SMILES string of the molecule is CCC(C)(C)C(=O)Oc1ccc(O)c(O)c1.CCC(C)(C)C(=O)Oc1ccc(O)cc1.CCC(C)(C)c1ccc2cc3cc(O)c(O)cc3cc2c1.CCC(C)(C)c1ccc2cc3cc(O)ccc3cc2c1. The zero-order valence-electron chi connectivity index (χ0n) is 43.8. The van der Waals surface area contributed by atoms with E-state index in [4.69, 9.17) is 19.7 Å². The first-order valence-electron chi connectivity index (χ1n) is 24.5. The van der Waals surface area contributed by atoms with Gasteiger partial charge in [-0.3, -0.25) is 9.59 Å². The summed E-state index contributed by atoms with van der Waals surface area (Å²) in [5.74, 6) is -0.159. The Bertz CT molecular complexity index is 3180. The second-order valence-corrected chi connectivity index (χ2v) is 20.9. The van der Waals surface area contributed by atoms with Gasteiger partial charge in [-0.2, -0.15) is 0 Å². The Morgan fingerprint density at radius 1 is 0.347 bits per heavy atom. The normalized spacial score (nSPS) is 11.7. The minimum Gasteiger partial charge on any atom is -0.508 e. The van der Waals surface area contributed by atoms with E-state index in [1.54, 1.807) is 44.2 Å². The third kappa shape index (κ3) is 13.9. The van der Waals surface area contributed by atoms with Crippen LogP contribution in [0, 0.1) is 10.8 Å². The molecule has 0 aliphatic rings. The first kappa shape index (κ1) is 55.5. The van der Waals surface area contributed by atoms with Crippen LogP contribution >= 0.6 is 0 Å². The second-order valence-electron chi connectivity index (χ2n) is 20.9. The lowest BCUT2D eigenvalue weighted by Gasteiger charge is -2.23. The summed E-state index contributed by atoms with van der Waals surface area (Å²) in [7, 11) is 0. The largest absolute Gasteiger partial charge is 0.508 e. The van der Waals surface area contributed by atoms with Crippen molar-refractivity contribution < 1.29 is 49.7 Å². The molecule has 380 valence electrons. The van der Waals surface area contributed by atoms with E-state index in [1.807, 2.05) is 45.9 Å². The van der Waals surface area contributed by atoms with E-state index < -0.39 is 10.8 Å². The Balaban J connectivity index is 0.000000180. The van der Waals surface area contributed by atoms with E-state index in [2.05, 4.69) is 96.1 Å². The molecule has 10 nitrogen and oxygen atoms in total. The quantitative estimate of drug-likeness (QED) is 0.0335. The van der Waals surface area contributed by atoms with Crippen LogP contribution in [0.15, 0.2) is 133 Å². The van der Waals surface area contributed by atoms with E-state index in [0.29, 0.717) is 17.9 Å². The van der Waals surface area contributed by atoms with Crippen molar-refractivity contribution in [2.75, 3.05) is 0 Å². The fraction of sp³-hybridized carbons (Fsp3) is 0.323. The second kappa shape index (κ2) is 22.7. The van der Waals surface area contributed by atoms with Crippen LogP contribution < -0.4 is 9.47 Å². The van der Waals surface area contributed by atoms with Gasteiger partial charge < -0.3 is 40.1 Å². The third-order valence-electron chi connectivity index (χ3n) is 14.1. The maximum Gasteiger partial charge on any atom is 0.316 e. The topological polar surface area (TPSA) is 174 Å². The highest BCUT2D eigenvalue weighted by molar-refractivity contribution is 6.00. The van der Waals surface area contributed by atoms with Crippen LogP contribution in [0.1, 0.15) is 120 Å². The van der Waals surface area contributed by atoms with Gasteiger partial charge >= 0.3 is 11.9 Å². The molecule has 0 heterocycles. The molecule has 0 fully saturated rings. The van der Waals surface area contributed by atoms with Gasteiger partial charge in [0.2, 0.25) is 0 Å². The van der Waals surface area contributed by atoms with Crippen LogP contribution in [-0.4, -0.2) is 42.6 Å². The summed E-state index contributed by atoms with van der Waals surface area (Å²) in [4.78, 5) is 23.4. The summed E-state index contributed by atoms with van der Waals surface area (Å²) in [6.07, 6.45) is 3.60. The summed E-state index contributed by atoms with van der Waals surface area (Å²) >= 11 is 0. The van der Waals surface area contributed by atoms with Crippen LogP contribution in [0.25, 0.3) is 43.1 Å². The van der Waals surface area contributed by atoms with Crippen molar-refractivity contribution in [3.8, 4) is 46.0 Å². The van der Waals surface area contributed by atoms with E-state index >= 15 is 0 Å². The number of aromatic hydroxyl groups is 6. The lowest BCUT2D eigenvalue weighted by Crippen LogP contribution is -2.28. The molecule has 0 saturated heterocycles. The lowest BCUT2D eigenvalue weighted by molar-refractivity contribution is -0.144. The average Bonchev–Trinajstić information content (AvgIpc) is 3.35. The Hall–Kier alpha value is -7.46. The number of esters is 2. The highest BCUT2D eigenvalue weighted by atomic mass is 16.5. The van der Waals surface area contributed by atoms with E-state index in [-0.39, 0.29) is 57.3 Å². The Kier molecular flexibility index (Phi) is 17.5. The number of ether oxygens (including phenoxy) is 2. The van der Waals surface area contributed by atoms with Crippen LogP contribution in [0.3, 0.4) is 0 Å². The standard InChI is InChI=1S/C19H20O2.C19H20O.C12H16O4.C12H16O3/c1-4-19(2,3)16-6-5-12-7-14-10-17(20)18(21)11-15(14)8-13(12)9-16;1-4-19(2,3)17-7-5-13-10-16-12-18(20)8-6-14(16)9-15(13)11-17;1-4-12(2,3)11(15)16-8-5-6-9(13)10(14)7-8;1-4-12(2,3)11(14)15-10-7-5-9(13)6-8-10/h5-11,20-21H,4H2,1-3H3;5-12,20H,4H2,1-3H3;5-7,13-14H,4H2,1-3H3;5-8,13H,4H2,1-3H3. The molecular formula is C62H72O10. The Labute approximate surface area is 424 Å². The number of phenols is 6. The van der Waals surface area contributed by atoms with Gasteiger partial charge in [-0.1, -0.05) is 97.9 Å². The van der Waals surface area contributed by atoms with E-state index in [1.165, 1.54) is 57.6 Å². The van der Waals surface area contributed by atoms with Crippen molar-refractivity contribution in [2.45, 2.75) is 120 Å². The number of hydrogen-bond donors (Lipinski definition) is 6. The smallest absolute Gasteiger partial charge is 0.316 e. The minimum absolute atomic E-state index is 0.0770. The van der Waals surface area contributed by atoms with E-state index in [9.17, 15) is 30.0 Å². The van der Waals surface area contributed by atoms with Crippen LogP contribution in [0.4, 0.5) is 0 Å². The fourth-order valence-electron chi connectivity index (χ4n) is 7.12. The van der Waals surface area contributed by atoms with Crippen molar-refractivity contribution in [1.82, 2.24) is 0 Å². The molecule has 72 heavy (non-hydrogen) atoms. The maximum absolute atomic E-state index is 11.7. The van der Waals surface area contributed by atoms with Gasteiger partial charge in [-0.15, -0.1) is 0 Å². The van der Waals surface area contributed by atoms with Gasteiger partial charge in [0.1, 0.15) is 23.0 Å². The number of rotatable bonds is 10. The molecule has 0 spiro atoms. The Morgan fingerprint density at radius 2 is 0.694 bits per heavy atom. The average molecular weight is 977 g/mol. The molecule has 0 bridgehead atoms. The number of phenolic OH excluding ortho intramolecular Hbond substituents is 6. The first-order valence-corrected chi connectivity index (χ1v) is 24.5. The summed E-state index contributed by atoms with van der Waals surface area (Å²) < 4.78 is 10.3. The molecule has 10 heteroatoms. The summed E-state index contributed by atoms with van der Waals surface area (Å²) in [6, 6.07) is 40.5. The molecule has 0 unspecified atom stereocenters. The van der Waals surface area contributed by atoms with Crippen LogP contribution in [-0.2, 0) is 20.4 Å². The Morgan fingerprint density at radius 3 is 1.11 bits per heavy atom. The van der Waals surface area contributed by atoms with Crippen molar-refractivity contribution in [1.29, 1.82) is 0 Å². The molecule has 0 aliphatic carbocycles. The van der Waals surface area contributed by atoms with Gasteiger partial charge in [0.05, 0.1) is 10.8 Å². The predicted octanol–water partition coefficient (Wildman–Crippen LogP) is 15.7. The van der Waals surface area contributed by atoms with Crippen LogP contribution in [0.2, 0.25) is 0 Å². The lowest BCUT2D eigenvalue weighted by atomic mass is 9.81. The fourth-order valence-corrected chi connectivity index (χ4v) is 7.12. The zero-order chi connectivity index (χ0) is 53.3. The van der Waals surface area contributed by atoms with Gasteiger partial charge in [-0.05, 0) is 203 Å². The molecule has 0 atom stereocenters. The monoisotopic (exact) mass is 977 g/mol. The molecule has 8 aromatic carbocycles. The summed E-state index contributed by atoms with van der Waals surface area (Å²) in [6.45, 7) is 24.6. The third-order valence-corrected chi connectivity index (χ3v) is 14.1. The summed E-state index contributed by atoms with van der Waals surface area (Å²) in [5, 5.41) is 65.2. The number of benzene rings is 8. The molecule has 0 aromatic heterocycles. The highest BCUT2D eigenvalue weighted by Crippen LogP contribution is 2.36. The molecular weight excluding hydrogens is 905 g/mol. The zero-order valence-corrected chi connectivity index (χ0v) is 43.8. The van der Waals surface area contributed by atoms with Crippen molar-refractivity contribution in [2.24, 2.45) is 10.8 Å². The van der Waals surface area contributed by atoms with Gasteiger partial charge in [-0.25, -0.2) is 0 Å². The molecule has 0 saturated carbocycles. The van der Waals surface area contributed by atoms with Crippen molar-refractivity contribution in [3.05, 3.63) is 145 Å². The molecule has 0 aliphatic heterocycles. The highest BCUT2D eigenvalue weighted by Gasteiger charge is 2.29. The molecule has 8 rings (SSSR count). The molecule has 8 aromatic rings. The minimum atomic E-state index is -0.562. The number of carbonyl (C=O) groups is 2. The first-order chi connectivity index (χ1) is 33.7. The van der Waals surface area contributed by atoms with Gasteiger partial charge in [0.15, 0.2) is 23.0 Å². The van der Waals surface area contributed by atoms with Gasteiger partial charge in [0, 0.05) is 6.07 Å². The predicted molar refractivity (Wildman–Crippen MR) is 292 cm³/mol. The molecule has 0 amide bonds. The van der Waals surface area contributed by atoms with Gasteiger partial charge in [0.25, 0.3) is 0 Å². The van der Waals surface area contributed by atoms with Crippen molar-refractivity contribution in [3.63, 3.8) is 0 Å². The maximum atomic E-state index is 11.7.